The fourth-order valence-electron chi connectivity index (χ4n) is 4.20. The van der Waals surface area contributed by atoms with Crippen LogP contribution in [0.5, 0.6) is 0 Å². The quantitative estimate of drug-likeness (QED) is 0.247. The average molecular weight is 462 g/mol. The summed E-state index contributed by atoms with van der Waals surface area (Å²) in [6.07, 6.45) is -0.817. The van der Waals surface area contributed by atoms with Crippen molar-refractivity contribution in [3.05, 3.63) is 112 Å². The van der Waals surface area contributed by atoms with Gasteiger partial charge in [-0.3, -0.25) is 14.9 Å². The fraction of sp³-hybridized carbons (Fsp3) is 0.296. The van der Waals surface area contributed by atoms with E-state index in [1.807, 2.05) is 60.7 Å². The maximum Gasteiger partial charge on any atom is 0.309 e. The normalized spacial score (nSPS) is 19.5. The molecule has 1 aliphatic rings. The number of ether oxygens (including phenoxy) is 3. The summed E-state index contributed by atoms with van der Waals surface area (Å²) in [6.45, 7) is 3.58. The van der Waals surface area contributed by atoms with Crippen LogP contribution in [0, 0.1) is 10.1 Å². The number of hydrogen-bond acceptors (Lipinski definition) is 6. The van der Waals surface area contributed by atoms with Crippen LogP contribution in [0.15, 0.2) is 84.9 Å². The summed E-state index contributed by atoms with van der Waals surface area (Å²) in [5, 5.41) is 11.0. The van der Waals surface area contributed by atoms with Crippen molar-refractivity contribution in [1.29, 1.82) is 0 Å². The SMILES string of the molecule is CC1(C)O[C@@H](CC(=O)OC(c2ccccc2)c2ccccc2)C[C@@H](c2ccc([N+](=O)[O-])cc2)O1. The van der Waals surface area contributed by atoms with Gasteiger partial charge < -0.3 is 14.2 Å². The van der Waals surface area contributed by atoms with Crippen molar-refractivity contribution in [2.24, 2.45) is 0 Å². The standard InChI is InChI=1S/C27H27NO6/c1-27(2)33-23(17-24(34-27)19-13-15-22(16-14-19)28(30)31)18-25(29)32-26(20-9-5-3-6-10-20)21-11-7-4-8-12-21/h3-16,23-24,26H,17-18H2,1-2H3/t23-,24+/m1/s1. The van der Waals surface area contributed by atoms with E-state index in [1.54, 1.807) is 26.0 Å². The van der Waals surface area contributed by atoms with Crippen LogP contribution in [0.2, 0.25) is 0 Å². The molecule has 0 spiro atoms. The summed E-state index contributed by atoms with van der Waals surface area (Å²) in [4.78, 5) is 23.5. The predicted octanol–water partition coefficient (Wildman–Crippen LogP) is 5.90. The highest BCUT2D eigenvalue weighted by Gasteiger charge is 2.38. The smallest absolute Gasteiger partial charge is 0.309 e. The Morgan fingerprint density at radius 1 is 0.971 bits per heavy atom. The van der Waals surface area contributed by atoms with Crippen LogP contribution < -0.4 is 0 Å². The van der Waals surface area contributed by atoms with Gasteiger partial charge in [0.05, 0.1) is 23.6 Å². The number of nitrogens with zero attached hydrogens (tertiary/aromatic N) is 1. The summed E-state index contributed by atoms with van der Waals surface area (Å²) in [6, 6.07) is 25.5. The zero-order valence-electron chi connectivity index (χ0n) is 19.1. The van der Waals surface area contributed by atoms with Gasteiger partial charge in [0.25, 0.3) is 5.69 Å². The number of benzene rings is 3. The highest BCUT2D eigenvalue weighted by molar-refractivity contribution is 5.70. The van der Waals surface area contributed by atoms with Crippen LogP contribution in [-0.2, 0) is 19.0 Å². The third-order valence-electron chi connectivity index (χ3n) is 5.68. The zero-order chi connectivity index (χ0) is 24.1. The Hall–Kier alpha value is -3.55. The van der Waals surface area contributed by atoms with E-state index in [4.69, 9.17) is 14.2 Å². The van der Waals surface area contributed by atoms with Gasteiger partial charge in [-0.05, 0) is 42.7 Å². The number of nitro groups is 1. The Morgan fingerprint density at radius 2 is 1.53 bits per heavy atom. The molecule has 176 valence electrons. The molecular weight excluding hydrogens is 434 g/mol. The minimum Gasteiger partial charge on any atom is -0.452 e. The van der Waals surface area contributed by atoms with E-state index in [0.717, 1.165) is 16.7 Å². The van der Waals surface area contributed by atoms with Crippen molar-refractivity contribution in [2.45, 2.75) is 50.8 Å². The average Bonchev–Trinajstić information content (AvgIpc) is 2.82. The van der Waals surface area contributed by atoms with Crippen LogP contribution in [0.3, 0.4) is 0 Å². The largest absolute Gasteiger partial charge is 0.452 e. The van der Waals surface area contributed by atoms with Crippen molar-refractivity contribution in [2.75, 3.05) is 0 Å². The molecule has 7 heteroatoms. The number of rotatable bonds is 7. The minimum absolute atomic E-state index is 0.0167. The number of carbonyl (C=O) groups excluding carboxylic acids is 1. The molecule has 2 atom stereocenters. The Kier molecular flexibility index (Phi) is 7.05. The van der Waals surface area contributed by atoms with Crippen molar-refractivity contribution >= 4 is 11.7 Å². The molecule has 3 aromatic rings. The molecule has 0 aliphatic carbocycles. The first-order valence-electron chi connectivity index (χ1n) is 11.2. The molecule has 0 bridgehead atoms. The second-order valence-electron chi connectivity index (χ2n) is 8.73. The molecule has 0 aromatic heterocycles. The fourth-order valence-corrected chi connectivity index (χ4v) is 4.20. The van der Waals surface area contributed by atoms with Crippen LogP contribution in [-0.4, -0.2) is 22.8 Å². The van der Waals surface area contributed by atoms with E-state index in [-0.39, 0.29) is 24.2 Å². The Labute approximate surface area is 198 Å². The lowest BCUT2D eigenvalue weighted by Gasteiger charge is -2.40. The first kappa shape index (κ1) is 23.6. The second-order valence-corrected chi connectivity index (χ2v) is 8.73. The van der Waals surface area contributed by atoms with Gasteiger partial charge in [-0.1, -0.05) is 60.7 Å². The summed E-state index contributed by atoms with van der Waals surface area (Å²) in [7, 11) is 0. The van der Waals surface area contributed by atoms with E-state index in [2.05, 4.69) is 0 Å². The van der Waals surface area contributed by atoms with Gasteiger partial charge in [0.15, 0.2) is 11.9 Å². The van der Waals surface area contributed by atoms with Gasteiger partial charge in [-0.2, -0.15) is 0 Å². The monoisotopic (exact) mass is 461 g/mol. The molecule has 0 N–H and O–H groups in total. The lowest BCUT2D eigenvalue weighted by molar-refractivity contribution is -0.384. The molecule has 0 amide bonds. The summed E-state index contributed by atoms with van der Waals surface area (Å²) in [5.74, 6) is -1.30. The molecule has 7 nitrogen and oxygen atoms in total. The molecule has 34 heavy (non-hydrogen) atoms. The minimum atomic E-state index is -0.923. The lowest BCUT2D eigenvalue weighted by Crippen LogP contribution is -2.42. The second kappa shape index (κ2) is 10.2. The first-order chi connectivity index (χ1) is 16.3. The molecule has 0 saturated carbocycles. The maximum absolute atomic E-state index is 13.0. The third kappa shape index (κ3) is 5.87. The molecule has 1 heterocycles. The molecule has 1 aliphatic heterocycles. The van der Waals surface area contributed by atoms with Gasteiger partial charge in [-0.25, -0.2) is 0 Å². The summed E-state index contributed by atoms with van der Waals surface area (Å²) in [5.41, 5.74) is 2.59. The van der Waals surface area contributed by atoms with Crippen LogP contribution in [0.1, 0.15) is 55.6 Å². The first-order valence-corrected chi connectivity index (χ1v) is 11.2. The summed E-state index contributed by atoms with van der Waals surface area (Å²) >= 11 is 0. The topological polar surface area (TPSA) is 87.9 Å². The number of hydrogen-bond donors (Lipinski definition) is 0. The lowest BCUT2D eigenvalue weighted by atomic mass is 9.98. The van der Waals surface area contributed by atoms with Gasteiger partial charge >= 0.3 is 5.97 Å². The van der Waals surface area contributed by atoms with Crippen LogP contribution >= 0.6 is 0 Å². The Morgan fingerprint density at radius 3 is 2.06 bits per heavy atom. The van der Waals surface area contributed by atoms with E-state index < -0.39 is 22.9 Å². The predicted molar refractivity (Wildman–Crippen MR) is 126 cm³/mol. The molecule has 4 rings (SSSR count). The molecule has 0 radical (unpaired) electrons. The van der Waals surface area contributed by atoms with Crippen LogP contribution in [0.25, 0.3) is 0 Å². The highest BCUT2D eigenvalue weighted by atomic mass is 16.7. The number of esters is 1. The molecule has 3 aromatic carbocycles. The van der Waals surface area contributed by atoms with Gasteiger partial charge in [0.1, 0.15) is 0 Å². The van der Waals surface area contributed by atoms with Crippen LogP contribution in [0.4, 0.5) is 5.69 Å². The molecule has 1 saturated heterocycles. The van der Waals surface area contributed by atoms with Gasteiger partial charge in [0.2, 0.25) is 0 Å². The molecular formula is C27H27NO6. The zero-order valence-corrected chi connectivity index (χ0v) is 19.1. The highest BCUT2D eigenvalue weighted by Crippen LogP contribution is 2.38. The van der Waals surface area contributed by atoms with Crippen molar-refractivity contribution in [3.8, 4) is 0 Å². The Balaban J connectivity index is 1.48. The van der Waals surface area contributed by atoms with Gasteiger partial charge in [0, 0.05) is 18.6 Å². The van der Waals surface area contributed by atoms with E-state index in [0.29, 0.717) is 6.42 Å². The van der Waals surface area contributed by atoms with E-state index in [1.165, 1.54) is 12.1 Å². The number of carbonyl (C=O) groups is 1. The molecule has 0 unspecified atom stereocenters. The van der Waals surface area contributed by atoms with Crippen molar-refractivity contribution in [3.63, 3.8) is 0 Å². The van der Waals surface area contributed by atoms with Gasteiger partial charge in [-0.15, -0.1) is 0 Å². The molecule has 1 fully saturated rings. The van der Waals surface area contributed by atoms with E-state index >= 15 is 0 Å². The van der Waals surface area contributed by atoms with Crippen molar-refractivity contribution in [1.82, 2.24) is 0 Å². The number of nitro benzene ring substituents is 1. The maximum atomic E-state index is 13.0. The Bertz CT molecular complexity index is 1080. The van der Waals surface area contributed by atoms with Crippen molar-refractivity contribution < 1.29 is 23.9 Å². The number of non-ortho nitro benzene ring substituents is 1. The van der Waals surface area contributed by atoms with E-state index in [9.17, 15) is 14.9 Å². The summed E-state index contributed by atoms with van der Waals surface area (Å²) < 4.78 is 18.0. The third-order valence-corrected chi connectivity index (χ3v) is 5.68.